The van der Waals surface area contributed by atoms with Crippen molar-refractivity contribution in [2.75, 3.05) is 19.5 Å². The van der Waals surface area contributed by atoms with Gasteiger partial charge in [-0.1, -0.05) is 0 Å². The molecule has 0 atom stereocenters. The number of aryl methyl sites for hydroxylation is 2. The zero-order valence-corrected chi connectivity index (χ0v) is 13.9. The van der Waals surface area contributed by atoms with Crippen LogP contribution in [-0.4, -0.2) is 24.2 Å². The van der Waals surface area contributed by atoms with Crippen LogP contribution in [0.2, 0.25) is 0 Å². The van der Waals surface area contributed by atoms with E-state index in [2.05, 4.69) is 15.3 Å². The molecule has 0 amide bonds. The highest BCUT2D eigenvalue weighted by Gasteiger charge is 2.21. The second-order valence-corrected chi connectivity index (χ2v) is 6.57. The molecule has 5 nitrogen and oxygen atoms in total. The number of anilines is 2. The third-order valence-electron chi connectivity index (χ3n) is 4.12. The molecule has 3 aromatic rings. The maximum Gasteiger partial charge on any atom is 0.142 e. The number of rotatable bonds is 4. The van der Waals surface area contributed by atoms with Gasteiger partial charge in [0.2, 0.25) is 0 Å². The number of nitrogens with zero attached hydrogens (tertiary/aromatic N) is 2. The minimum atomic E-state index is 0.743. The summed E-state index contributed by atoms with van der Waals surface area (Å²) in [6.45, 7) is 0. The summed E-state index contributed by atoms with van der Waals surface area (Å²) < 4.78 is 10.7. The van der Waals surface area contributed by atoms with Gasteiger partial charge in [-0.05, 0) is 24.8 Å². The van der Waals surface area contributed by atoms with Crippen LogP contribution in [0.3, 0.4) is 0 Å². The van der Waals surface area contributed by atoms with Crippen LogP contribution in [-0.2, 0) is 12.8 Å². The Bertz CT molecular complexity index is 853. The van der Waals surface area contributed by atoms with E-state index in [9.17, 15) is 0 Å². The summed E-state index contributed by atoms with van der Waals surface area (Å²) in [6, 6.07) is 5.72. The standard InChI is InChI=1S/C17H17N3O2S/c1-21-11-6-10(7-12(8-11)22-2)20-16-15-13-4-3-5-14(13)23-17(15)19-9-18-16/h6-9H,3-5H2,1-2H3,(H,18,19,20). The Kier molecular flexibility index (Phi) is 3.53. The Morgan fingerprint density at radius 3 is 2.57 bits per heavy atom. The van der Waals surface area contributed by atoms with Crippen LogP contribution in [0, 0.1) is 0 Å². The van der Waals surface area contributed by atoms with Crippen LogP contribution in [0.4, 0.5) is 11.5 Å². The fourth-order valence-electron chi connectivity index (χ4n) is 3.04. The molecule has 0 fully saturated rings. The molecule has 1 aliphatic carbocycles. The van der Waals surface area contributed by atoms with Crippen molar-refractivity contribution in [1.82, 2.24) is 9.97 Å². The molecule has 0 aliphatic heterocycles. The Morgan fingerprint density at radius 2 is 1.83 bits per heavy atom. The van der Waals surface area contributed by atoms with E-state index < -0.39 is 0 Å². The molecule has 0 saturated heterocycles. The third-order valence-corrected chi connectivity index (χ3v) is 5.32. The minimum Gasteiger partial charge on any atom is -0.497 e. The van der Waals surface area contributed by atoms with Gasteiger partial charge >= 0.3 is 0 Å². The van der Waals surface area contributed by atoms with Crippen molar-refractivity contribution in [3.63, 3.8) is 0 Å². The number of methoxy groups -OCH3 is 2. The molecule has 0 radical (unpaired) electrons. The van der Waals surface area contributed by atoms with Crippen LogP contribution in [0.15, 0.2) is 24.5 Å². The molecular formula is C17H17N3O2S. The van der Waals surface area contributed by atoms with Crippen LogP contribution in [0.1, 0.15) is 16.9 Å². The first-order valence-electron chi connectivity index (χ1n) is 7.54. The van der Waals surface area contributed by atoms with E-state index in [0.717, 1.165) is 46.1 Å². The van der Waals surface area contributed by atoms with E-state index in [-0.39, 0.29) is 0 Å². The molecular weight excluding hydrogens is 310 g/mol. The molecule has 1 N–H and O–H groups in total. The SMILES string of the molecule is COc1cc(Nc2ncnc3sc4c(c23)CCC4)cc(OC)c1. The van der Waals surface area contributed by atoms with Gasteiger partial charge in [-0.15, -0.1) is 11.3 Å². The van der Waals surface area contributed by atoms with Crippen molar-refractivity contribution < 1.29 is 9.47 Å². The molecule has 1 aromatic carbocycles. The van der Waals surface area contributed by atoms with E-state index in [1.165, 1.54) is 16.9 Å². The number of thiophene rings is 1. The van der Waals surface area contributed by atoms with Gasteiger partial charge in [0.15, 0.2) is 0 Å². The van der Waals surface area contributed by atoms with Crippen molar-refractivity contribution in [2.45, 2.75) is 19.3 Å². The fourth-order valence-corrected chi connectivity index (χ4v) is 4.27. The highest BCUT2D eigenvalue weighted by atomic mass is 32.1. The summed E-state index contributed by atoms with van der Waals surface area (Å²) in [4.78, 5) is 11.4. The predicted molar refractivity (Wildman–Crippen MR) is 92.3 cm³/mol. The second kappa shape index (κ2) is 5.70. The molecule has 0 bridgehead atoms. The van der Waals surface area contributed by atoms with E-state index in [4.69, 9.17) is 9.47 Å². The maximum absolute atomic E-state index is 5.33. The number of hydrogen-bond acceptors (Lipinski definition) is 6. The minimum absolute atomic E-state index is 0.743. The van der Waals surface area contributed by atoms with Gasteiger partial charge in [0, 0.05) is 28.8 Å². The quantitative estimate of drug-likeness (QED) is 0.786. The first kappa shape index (κ1) is 14.3. The lowest BCUT2D eigenvalue weighted by Crippen LogP contribution is -1.97. The zero-order chi connectivity index (χ0) is 15.8. The van der Waals surface area contributed by atoms with Crippen molar-refractivity contribution in [3.8, 4) is 11.5 Å². The molecule has 4 rings (SSSR count). The average molecular weight is 327 g/mol. The molecule has 118 valence electrons. The largest absolute Gasteiger partial charge is 0.497 e. The Labute approximate surface area is 138 Å². The van der Waals surface area contributed by atoms with Crippen molar-refractivity contribution in [1.29, 1.82) is 0 Å². The lowest BCUT2D eigenvalue weighted by atomic mass is 10.2. The third kappa shape index (κ3) is 2.49. The number of benzene rings is 1. The fraction of sp³-hybridized carbons (Fsp3) is 0.294. The Morgan fingerprint density at radius 1 is 1.04 bits per heavy atom. The van der Waals surface area contributed by atoms with E-state index in [1.54, 1.807) is 31.9 Å². The highest BCUT2D eigenvalue weighted by molar-refractivity contribution is 7.19. The van der Waals surface area contributed by atoms with Crippen LogP contribution in [0.5, 0.6) is 11.5 Å². The zero-order valence-electron chi connectivity index (χ0n) is 13.0. The van der Waals surface area contributed by atoms with E-state index in [1.807, 2.05) is 18.2 Å². The lowest BCUT2D eigenvalue weighted by molar-refractivity contribution is 0.395. The molecule has 2 aromatic heterocycles. The second-order valence-electron chi connectivity index (χ2n) is 5.49. The monoisotopic (exact) mass is 327 g/mol. The number of hydrogen-bond donors (Lipinski definition) is 1. The van der Waals surface area contributed by atoms with Crippen LogP contribution < -0.4 is 14.8 Å². The van der Waals surface area contributed by atoms with Crippen LogP contribution in [0.25, 0.3) is 10.2 Å². The Hall–Kier alpha value is -2.34. The summed E-state index contributed by atoms with van der Waals surface area (Å²) in [7, 11) is 3.29. The van der Waals surface area contributed by atoms with E-state index >= 15 is 0 Å². The normalized spacial score (nSPS) is 13.1. The lowest BCUT2D eigenvalue weighted by Gasteiger charge is -2.11. The topological polar surface area (TPSA) is 56.3 Å². The summed E-state index contributed by atoms with van der Waals surface area (Å²) in [6.07, 6.45) is 5.10. The van der Waals surface area contributed by atoms with Crippen molar-refractivity contribution in [3.05, 3.63) is 35.0 Å². The number of nitrogens with one attached hydrogen (secondary N) is 1. The van der Waals surface area contributed by atoms with Gasteiger partial charge in [0.1, 0.15) is 28.5 Å². The summed E-state index contributed by atoms with van der Waals surface area (Å²) >= 11 is 1.79. The molecule has 0 unspecified atom stereocenters. The summed E-state index contributed by atoms with van der Waals surface area (Å²) in [5.41, 5.74) is 2.29. The first-order chi connectivity index (χ1) is 11.3. The molecule has 0 saturated carbocycles. The number of aromatic nitrogens is 2. The maximum atomic E-state index is 5.33. The van der Waals surface area contributed by atoms with Gasteiger partial charge in [-0.2, -0.15) is 0 Å². The molecule has 2 heterocycles. The van der Waals surface area contributed by atoms with Crippen LogP contribution >= 0.6 is 11.3 Å². The number of fused-ring (bicyclic) bond motifs is 3. The first-order valence-corrected chi connectivity index (χ1v) is 8.35. The van der Waals surface area contributed by atoms with Gasteiger partial charge in [0.05, 0.1) is 19.6 Å². The molecule has 1 aliphatic rings. The van der Waals surface area contributed by atoms with Gasteiger partial charge in [0.25, 0.3) is 0 Å². The van der Waals surface area contributed by atoms with E-state index in [0.29, 0.717) is 0 Å². The number of ether oxygens (including phenoxy) is 2. The van der Waals surface area contributed by atoms with Gasteiger partial charge < -0.3 is 14.8 Å². The summed E-state index contributed by atoms with van der Waals surface area (Å²) in [5.74, 6) is 2.34. The molecule has 23 heavy (non-hydrogen) atoms. The van der Waals surface area contributed by atoms with Crippen molar-refractivity contribution in [2.24, 2.45) is 0 Å². The predicted octanol–water partition coefficient (Wildman–Crippen LogP) is 3.94. The highest BCUT2D eigenvalue weighted by Crippen LogP contribution is 2.40. The average Bonchev–Trinajstić information content (AvgIpc) is 3.15. The summed E-state index contributed by atoms with van der Waals surface area (Å²) in [5, 5.41) is 4.57. The molecule has 0 spiro atoms. The Balaban J connectivity index is 1.79. The van der Waals surface area contributed by atoms with Crippen molar-refractivity contribution >= 4 is 33.1 Å². The molecule has 6 heteroatoms. The van der Waals surface area contributed by atoms with Gasteiger partial charge in [-0.25, -0.2) is 9.97 Å². The van der Waals surface area contributed by atoms with Gasteiger partial charge in [-0.3, -0.25) is 0 Å². The smallest absolute Gasteiger partial charge is 0.142 e.